The molecule has 0 aliphatic heterocycles. The zero-order valence-corrected chi connectivity index (χ0v) is 12.1. The largest absolute Gasteiger partial charge is 0.464 e. The van der Waals surface area contributed by atoms with Crippen molar-refractivity contribution < 1.29 is 14.3 Å². The van der Waals surface area contributed by atoms with Crippen molar-refractivity contribution in [3.8, 4) is 6.07 Å². The number of ether oxygens (including phenoxy) is 1. The Hall–Kier alpha value is -1.94. The summed E-state index contributed by atoms with van der Waals surface area (Å²) in [5, 5.41) is 9.30. The third-order valence-corrected chi connectivity index (χ3v) is 3.68. The first-order valence-electron chi connectivity index (χ1n) is 5.61. The third kappa shape index (κ3) is 3.51. The second kappa shape index (κ2) is 6.29. The quantitative estimate of drug-likeness (QED) is 0.603. The van der Waals surface area contributed by atoms with E-state index in [-0.39, 0.29) is 22.3 Å². The fourth-order valence-corrected chi connectivity index (χ4v) is 2.39. The van der Waals surface area contributed by atoms with Gasteiger partial charge >= 0.3 is 5.97 Å². The van der Waals surface area contributed by atoms with Crippen molar-refractivity contribution in [1.82, 2.24) is 4.98 Å². The maximum atomic E-state index is 11.6. The molecule has 0 aliphatic carbocycles. The summed E-state index contributed by atoms with van der Waals surface area (Å²) in [5.41, 5.74) is 0.0338. The smallest absolute Gasteiger partial charge is 0.358 e. The first kappa shape index (κ1) is 15.1. The monoisotopic (exact) mass is 281 g/mol. The molecule has 6 nitrogen and oxygen atoms in total. The van der Waals surface area contributed by atoms with Gasteiger partial charge in [-0.15, -0.1) is 0 Å². The van der Waals surface area contributed by atoms with Crippen LogP contribution in [0.3, 0.4) is 0 Å². The van der Waals surface area contributed by atoms with E-state index in [1.807, 2.05) is 0 Å². The minimum atomic E-state index is -0.630. The Balaban J connectivity index is 3.08. The first-order chi connectivity index (χ1) is 8.90. The van der Waals surface area contributed by atoms with Crippen molar-refractivity contribution >= 4 is 28.2 Å². The van der Waals surface area contributed by atoms with Gasteiger partial charge in [0, 0.05) is 20.5 Å². The van der Waals surface area contributed by atoms with Gasteiger partial charge in [-0.25, -0.2) is 9.78 Å². The van der Waals surface area contributed by atoms with Gasteiger partial charge in [0.05, 0.1) is 19.1 Å². The van der Waals surface area contributed by atoms with Crippen molar-refractivity contribution in [1.29, 1.82) is 5.26 Å². The molecule has 1 atom stereocenters. The van der Waals surface area contributed by atoms with Gasteiger partial charge in [0.1, 0.15) is 4.88 Å². The van der Waals surface area contributed by atoms with Crippen LogP contribution in [0.4, 0.5) is 5.13 Å². The number of aromatic nitrogens is 1. The summed E-state index contributed by atoms with van der Waals surface area (Å²) in [5.74, 6) is -1.03. The van der Waals surface area contributed by atoms with Crippen LogP contribution in [-0.2, 0) is 4.74 Å². The number of methoxy groups -OCH3 is 1. The highest BCUT2D eigenvalue weighted by Crippen LogP contribution is 2.27. The average molecular weight is 281 g/mol. The number of ketones is 1. The normalized spacial score (nSPS) is 11.5. The summed E-state index contributed by atoms with van der Waals surface area (Å²) in [6, 6.07) is 2.12. The standard InChI is InChI=1S/C12H15N3O3S/c1-7(5-13)6-15(3)12-14-9(11(17)18-4)10(19-12)8(2)16/h7H,6H2,1-4H3. The average Bonchev–Trinajstić information content (AvgIpc) is 2.82. The summed E-state index contributed by atoms with van der Waals surface area (Å²) in [4.78, 5) is 29.2. The predicted molar refractivity (Wildman–Crippen MR) is 71.5 cm³/mol. The van der Waals surface area contributed by atoms with E-state index in [1.54, 1.807) is 18.9 Å². The molecular formula is C12H15N3O3S. The van der Waals surface area contributed by atoms with E-state index in [0.717, 1.165) is 11.3 Å². The van der Waals surface area contributed by atoms with E-state index in [9.17, 15) is 9.59 Å². The van der Waals surface area contributed by atoms with Gasteiger partial charge in [0.25, 0.3) is 0 Å². The van der Waals surface area contributed by atoms with E-state index in [1.165, 1.54) is 14.0 Å². The summed E-state index contributed by atoms with van der Waals surface area (Å²) >= 11 is 1.13. The van der Waals surface area contributed by atoms with Gasteiger partial charge in [-0.1, -0.05) is 11.3 Å². The molecule has 0 saturated carbocycles. The summed E-state index contributed by atoms with van der Waals surface area (Å²) in [7, 11) is 3.00. The van der Waals surface area contributed by atoms with E-state index in [2.05, 4.69) is 15.8 Å². The Morgan fingerprint density at radius 2 is 2.21 bits per heavy atom. The van der Waals surface area contributed by atoms with Crippen molar-refractivity contribution in [2.24, 2.45) is 5.92 Å². The molecule has 0 bridgehead atoms. The maximum Gasteiger partial charge on any atom is 0.358 e. The molecule has 0 radical (unpaired) electrons. The Kier molecular flexibility index (Phi) is 5.01. The van der Waals surface area contributed by atoms with Crippen LogP contribution in [0.2, 0.25) is 0 Å². The number of rotatable bonds is 5. The van der Waals surface area contributed by atoms with Crippen LogP contribution in [0, 0.1) is 17.2 Å². The van der Waals surface area contributed by atoms with Crippen LogP contribution in [0.15, 0.2) is 0 Å². The number of hydrogen-bond acceptors (Lipinski definition) is 7. The number of hydrogen-bond donors (Lipinski definition) is 0. The molecule has 19 heavy (non-hydrogen) atoms. The van der Waals surface area contributed by atoms with Crippen molar-refractivity contribution in [3.63, 3.8) is 0 Å². The molecule has 1 heterocycles. The van der Waals surface area contributed by atoms with E-state index >= 15 is 0 Å². The van der Waals surface area contributed by atoms with Gasteiger partial charge in [-0.05, 0) is 6.92 Å². The fraction of sp³-hybridized carbons (Fsp3) is 0.500. The molecule has 102 valence electrons. The zero-order valence-electron chi connectivity index (χ0n) is 11.3. The predicted octanol–water partition coefficient (Wildman–Crippen LogP) is 1.73. The molecule has 1 unspecified atom stereocenters. The van der Waals surface area contributed by atoms with E-state index in [4.69, 9.17) is 5.26 Å². The van der Waals surface area contributed by atoms with E-state index in [0.29, 0.717) is 11.7 Å². The number of anilines is 1. The second-order valence-corrected chi connectivity index (χ2v) is 5.11. The first-order valence-corrected chi connectivity index (χ1v) is 6.43. The topological polar surface area (TPSA) is 83.3 Å². The summed E-state index contributed by atoms with van der Waals surface area (Å²) in [6.45, 7) is 3.64. The third-order valence-electron chi connectivity index (χ3n) is 2.41. The fourth-order valence-electron chi connectivity index (χ4n) is 1.48. The molecule has 0 amide bonds. The Morgan fingerprint density at radius 1 is 1.58 bits per heavy atom. The van der Waals surface area contributed by atoms with Gasteiger partial charge in [0.15, 0.2) is 16.6 Å². The highest BCUT2D eigenvalue weighted by Gasteiger charge is 2.23. The van der Waals surface area contributed by atoms with Crippen LogP contribution in [-0.4, -0.2) is 37.4 Å². The molecule has 1 rings (SSSR count). The minimum absolute atomic E-state index is 0.0338. The zero-order chi connectivity index (χ0) is 14.6. The lowest BCUT2D eigenvalue weighted by atomic mass is 10.2. The summed E-state index contributed by atoms with van der Waals surface area (Å²) in [6.07, 6.45) is 0. The molecule has 1 aromatic rings. The number of carbonyl (C=O) groups excluding carboxylic acids is 2. The molecule has 0 saturated heterocycles. The lowest BCUT2D eigenvalue weighted by molar-refractivity contribution is 0.0591. The van der Waals surface area contributed by atoms with Crippen molar-refractivity contribution in [2.75, 3.05) is 25.6 Å². The molecule has 0 spiro atoms. The molecule has 7 heteroatoms. The number of esters is 1. The Labute approximate surface area is 115 Å². The van der Waals surface area contributed by atoms with Gasteiger partial charge in [0.2, 0.25) is 0 Å². The number of carbonyl (C=O) groups is 2. The van der Waals surface area contributed by atoms with Crippen molar-refractivity contribution in [2.45, 2.75) is 13.8 Å². The van der Waals surface area contributed by atoms with Crippen LogP contribution >= 0.6 is 11.3 Å². The molecule has 0 fully saturated rings. The van der Waals surface area contributed by atoms with Crippen LogP contribution in [0.5, 0.6) is 0 Å². The molecular weight excluding hydrogens is 266 g/mol. The molecule has 0 aliphatic rings. The van der Waals surface area contributed by atoms with Crippen LogP contribution in [0.25, 0.3) is 0 Å². The SMILES string of the molecule is COC(=O)c1nc(N(C)CC(C)C#N)sc1C(C)=O. The second-order valence-electron chi connectivity index (χ2n) is 4.13. The molecule has 0 N–H and O–H groups in total. The molecule has 1 aromatic heterocycles. The maximum absolute atomic E-state index is 11.6. The highest BCUT2D eigenvalue weighted by atomic mass is 32.1. The van der Waals surface area contributed by atoms with Crippen LogP contribution in [0.1, 0.15) is 34.0 Å². The lowest BCUT2D eigenvalue weighted by Gasteiger charge is -2.16. The van der Waals surface area contributed by atoms with Crippen molar-refractivity contribution in [3.05, 3.63) is 10.6 Å². The summed E-state index contributed by atoms with van der Waals surface area (Å²) < 4.78 is 4.60. The lowest BCUT2D eigenvalue weighted by Crippen LogP contribution is -2.23. The van der Waals surface area contributed by atoms with Gasteiger partial charge in [-0.2, -0.15) is 5.26 Å². The minimum Gasteiger partial charge on any atom is -0.464 e. The number of nitriles is 1. The number of thiazole rings is 1. The van der Waals surface area contributed by atoms with E-state index < -0.39 is 5.97 Å². The number of Topliss-reactive ketones (excluding diaryl/α,β-unsaturated/α-hetero) is 1. The Bertz CT molecular complexity index is 533. The van der Waals surface area contributed by atoms with Gasteiger partial charge < -0.3 is 9.64 Å². The number of nitrogens with zero attached hydrogens (tertiary/aromatic N) is 3. The van der Waals surface area contributed by atoms with Crippen LogP contribution < -0.4 is 4.90 Å². The Morgan fingerprint density at radius 3 is 2.68 bits per heavy atom. The highest BCUT2D eigenvalue weighted by molar-refractivity contribution is 7.17. The van der Waals surface area contributed by atoms with Gasteiger partial charge in [-0.3, -0.25) is 4.79 Å². The molecule has 0 aromatic carbocycles.